The normalized spacial score (nSPS) is 11.6. The van der Waals surface area contributed by atoms with Gasteiger partial charge < -0.3 is 10.2 Å². The van der Waals surface area contributed by atoms with Gasteiger partial charge in [-0.2, -0.15) is 0 Å². The van der Waals surface area contributed by atoms with Crippen molar-refractivity contribution in [3.63, 3.8) is 0 Å². The molecule has 2 aromatic carbocycles. The molecule has 0 atom stereocenters. The summed E-state index contributed by atoms with van der Waals surface area (Å²) in [5.74, 6) is -0.360. The van der Waals surface area contributed by atoms with Gasteiger partial charge in [-0.05, 0) is 69.7 Å². The van der Waals surface area contributed by atoms with E-state index in [9.17, 15) is 18.0 Å². The second-order valence-electron chi connectivity index (χ2n) is 7.35. The first kappa shape index (κ1) is 22.6. The number of amides is 2. The molecule has 8 heteroatoms. The van der Waals surface area contributed by atoms with Crippen molar-refractivity contribution in [1.29, 1.82) is 0 Å². The Bertz CT molecular complexity index is 958. The van der Waals surface area contributed by atoms with Gasteiger partial charge in [0.05, 0.1) is 4.90 Å². The van der Waals surface area contributed by atoms with E-state index in [-0.39, 0.29) is 35.3 Å². The summed E-state index contributed by atoms with van der Waals surface area (Å²) in [6, 6.07) is 12.7. The van der Waals surface area contributed by atoms with Gasteiger partial charge in [-0.3, -0.25) is 9.59 Å². The Kier molecular flexibility index (Phi) is 7.16. The first-order valence-corrected chi connectivity index (χ1v) is 10.9. The van der Waals surface area contributed by atoms with Crippen LogP contribution in [0.1, 0.15) is 54.0 Å². The van der Waals surface area contributed by atoms with Crippen molar-refractivity contribution in [3.8, 4) is 0 Å². The number of carbonyl (C=O) groups is 2. The lowest BCUT2D eigenvalue weighted by Crippen LogP contribution is -2.42. The lowest BCUT2D eigenvalue weighted by Gasteiger charge is -2.30. The van der Waals surface area contributed by atoms with E-state index in [0.29, 0.717) is 11.1 Å². The molecular formula is C21H27N3O4S. The van der Waals surface area contributed by atoms with Crippen LogP contribution < -0.4 is 10.5 Å². The molecule has 3 N–H and O–H groups in total. The topological polar surface area (TPSA) is 110 Å². The molecule has 0 spiro atoms. The van der Waals surface area contributed by atoms with E-state index in [1.165, 1.54) is 12.1 Å². The van der Waals surface area contributed by atoms with Gasteiger partial charge in [0.25, 0.3) is 11.8 Å². The molecule has 2 aromatic rings. The van der Waals surface area contributed by atoms with Crippen LogP contribution in [-0.2, 0) is 16.6 Å². The minimum Gasteiger partial charge on any atom is -0.348 e. The largest absolute Gasteiger partial charge is 0.348 e. The van der Waals surface area contributed by atoms with Crippen molar-refractivity contribution in [1.82, 2.24) is 10.2 Å². The first-order valence-electron chi connectivity index (χ1n) is 9.33. The number of primary sulfonamides is 1. The molecule has 0 aliphatic rings. The number of nitrogens with one attached hydrogen (secondary N) is 1. The average molecular weight is 418 g/mol. The Hall–Kier alpha value is -2.71. The highest BCUT2D eigenvalue weighted by molar-refractivity contribution is 7.89. The van der Waals surface area contributed by atoms with E-state index in [0.717, 1.165) is 5.56 Å². The summed E-state index contributed by atoms with van der Waals surface area (Å²) in [4.78, 5) is 26.9. The zero-order valence-electron chi connectivity index (χ0n) is 17.0. The van der Waals surface area contributed by atoms with E-state index < -0.39 is 10.0 Å². The number of benzene rings is 2. The fraction of sp³-hybridized carbons (Fsp3) is 0.333. The quantitative estimate of drug-likeness (QED) is 0.721. The molecule has 0 aliphatic heterocycles. The van der Waals surface area contributed by atoms with Crippen molar-refractivity contribution < 1.29 is 18.0 Å². The summed E-state index contributed by atoms with van der Waals surface area (Å²) in [7, 11) is -3.74. The van der Waals surface area contributed by atoms with Crippen molar-refractivity contribution in [3.05, 3.63) is 65.2 Å². The summed E-state index contributed by atoms with van der Waals surface area (Å²) in [5.41, 5.74) is 1.70. The summed E-state index contributed by atoms with van der Waals surface area (Å²) >= 11 is 0. The number of carbonyl (C=O) groups excluding carboxylic acids is 2. The lowest BCUT2D eigenvalue weighted by atomic mass is 10.1. The van der Waals surface area contributed by atoms with Crippen molar-refractivity contribution in [2.45, 2.75) is 51.2 Å². The number of nitrogens with two attached hydrogens (primary N) is 1. The smallest absolute Gasteiger partial charge is 0.254 e. The Morgan fingerprint density at radius 3 is 1.83 bits per heavy atom. The van der Waals surface area contributed by atoms with E-state index in [2.05, 4.69) is 5.32 Å². The molecule has 0 aliphatic carbocycles. The van der Waals surface area contributed by atoms with Gasteiger partial charge >= 0.3 is 0 Å². The predicted molar refractivity (Wildman–Crippen MR) is 112 cm³/mol. The molecule has 0 saturated carbocycles. The number of nitrogens with zero attached hydrogens (tertiary/aromatic N) is 1. The molecule has 0 saturated heterocycles. The van der Waals surface area contributed by atoms with Crippen LogP contribution in [-0.4, -0.2) is 37.2 Å². The highest BCUT2D eigenvalue weighted by atomic mass is 32.2. The van der Waals surface area contributed by atoms with E-state index in [4.69, 9.17) is 5.14 Å². The number of sulfonamides is 1. The molecule has 7 nitrogen and oxygen atoms in total. The minimum atomic E-state index is -3.74. The van der Waals surface area contributed by atoms with Crippen LogP contribution in [0.2, 0.25) is 0 Å². The SMILES string of the molecule is CC(C)N(C(=O)c1ccc(C(=O)NCc2ccc(S(N)(=O)=O)cc2)cc1)C(C)C. The fourth-order valence-electron chi connectivity index (χ4n) is 3.06. The monoisotopic (exact) mass is 417 g/mol. The van der Waals surface area contributed by atoms with Crippen LogP contribution in [0.3, 0.4) is 0 Å². The maximum atomic E-state index is 12.7. The van der Waals surface area contributed by atoms with Crippen LogP contribution in [0.4, 0.5) is 0 Å². The molecule has 0 aromatic heterocycles. The molecule has 2 amide bonds. The Balaban J connectivity index is 2.02. The maximum absolute atomic E-state index is 12.7. The molecule has 0 bridgehead atoms. The van der Waals surface area contributed by atoms with Gasteiger partial charge in [-0.15, -0.1) is 0 Å². The maximum Gasteiger partial charge on any atom is 0.254 e. The number of hydrogen-bond donors (Lipinski definition) is 2. The van der Waals surface area contributed by atoms with E-state index in [1.54, 1.807) is 41.3 Å². The van der Waals surface area contributed by atoms with Gasteiger partial charge in [-0.1, -0.05) is 12.1 Å². The summed E-state index contributed by atoms with van der Waals surface area (Å²) in [5, 5.41) is 7.83. The van der Waals surface area contributed by atoms with Crippen LogP contribution >= 0.6 is 0 Å². The van der Waals surface area contributed by atoms with Crippen LogP contribution in [0.5, 0.6) is 0 Å². The minimum absolute atomic E-state index is 0.0182. The molecular weight excluding hydrogens is 390 g/mol. The summed E-state index contributed by atoms with van der Waals surface area (Å²) < 4.78 is 22.5. The lowest BCUT2D eigenvalue weighted by molar-refractivity contribution is 0.0643. The second kappa shape index (κ2) is 9.19. The standard InChI is InChI=1S/C21H27N3O4S/c1-14(2)24(15(3)4)21(26)18-9-7-17(8-10-18)20(25)23-13-16-5-11-19(12-6-16)29(22,27)28/h5-12,14-15H,13H2,1-4H3,(H,23,25)(H2,22,27,28). The van der Waals surface area contributed by atoms with Crippen LogP contribution in [0.15, 0.2) is 53.4 Å². The molecule has 29 heavy (non-hydrogen) atoms. The zero-order valence-corrected chi connectivity index (χ0v) is 17.9. The predicted octanol–water partition coefficient (Wildman–Crippen LogP) is 2.52. The Morgan fingerprint density at radius 1 is 0.897 bits per heavy atom. The third-order valence-corrected chi connectivity index (χ3v) is 5.38. The van der Waals surface area contributed by atoms with Gasteiger partial charge in [-0.25, -0.2) is 13.6 Å². The van der Waals surface area contributed by atoms with E-state index >= 15 is 0 Å². The third kappa shape index (κ3) is 5.88. The molecule has 0 heterocycles. The average Bonchev–Trinajstić information content (AvgIpc) is 2.65. The molecule has 2 rings (SSSR count). The second-order valence-corrected chi connectivity index (χ2v) is 8.91. The zero-order chi connectivity index (χ0) is 21.8. The van der Waals surface area contributed by atoms with E-state index in [1.807, 2.05) is 27.7 Å². The number of hydrogen-bond acceptors (Lipinski definition) is 4. The molecule has 0 unspecified atom stereocenters. The third-order valence-electron chi connectivity index (χ3n) is 4.45. The fourth-order valence-corrected chi connectivity index (χ4v) is 3.58. The van der Waals surface area contributed by atoms with Crippen molar-refractivity contribution in [2.75, 3.05) is 0 Å². The van der Waals surface area contributed by atoms with Crippen molar-refractivity contribution in [2.24, 2.45) is 5.14 Å². The molecule has 0 radical (unpaired) electrons. The summed E-state index contributed by atoms with van der Waals surface area (Å²) in [6.45, 7) is 8.10. The highest BCUT2D eigenvalue weighted by Gasteiger charge is 2.21. The van der Waals surface area contributed by atoms with Crippen molar-refractivity contribution >= 4 is 21.8 Å². The van der Waals surface area contributed by atoms with Crippen LogP contribution in [0, 0.1) is 0 Å². The summed E-state index contributed by atoms with van der Waals surface area (Å²) in [6.07, 6.45) is 0. The van der Waals surface area contributed by atoms with Gasteiger partial charge in [0.2, 0.25) is 10.0 Å². The van der Waals surface area contributed by atoms with Gasteiger partial charge in [0.15, 0.2) is 0 Å². The first-order chi connectivity index (χ1) is 13.5. The Labute approximate surface area is 172 Å². The number of rotatable bonds is 7. The van der Waals surface area contributed by atoms with Gasteiger partial charge in [0, 0.05) is 29.8 Å². The van der Waals surface area contributed by atoms with Gasteiger partial charge in [0.1, 0.15) is 0 Å². The molecule has 0 fully saturated rings. The Morgan fingerprint density at radius 2 is 1.38 bits per heavy atom. The highest BCUT2D eigenvalue weighted by Crippen LogP contribution is 2.14. The van der Waals surface area contributed by atoms with Crippen LogP contribution in [0.25, 0.3) is 0 Å². The molecule has 156 valence electrons.